The lowest BCUT2D eigenvalue weighted by molar-refractivity contribution is 0.103. The molecule has 88 valence electrons. The molecule has 0 saturated carbocycles. The zero-order chi connectivity index (χ0) is 12.4. The molecule has 1 nitrogen and oxygen atoms in total. The molecule has 0 bridgehead atoms. The lowest BCUT2D eigenvalue weighted by Gasteiger charge is -2.03. The molecule has 2 aromatic rings. The topological polar surface area (TPSA) is 17.1 Å². The normalized spacial score (nSPS) is 10.5. The number of thiophene rings is 1. The first-order valence-electron chi connectivity index (χ1n) is 5.39. The second-order valence-corrected chi connectivity index (χ2v) is 6.14. The number of aryl methyl sites for hydroxylation is 1. The molecule has 0 radical (unpaired) electrons. The van der Waals surface area contributed by atoms with Crippen LogP contribution in [0.4, 0.5) is 0 Å². The van der Waals surface area contributed by atoms with E-state index in [1.807, 2.05) is 43.5 Å². The van der Waals surface area contributed by atoms with Gasteiger partial charge in [-0.05, 0) is 25.7 Å². The molecule has 0 aliphatic rings. The van der Waals surface area contributed by atoms with Crippen molar-refractivity contribution in [1.29, 1.82) is 0 Å². The van der Waals surface area contributed by atoms with Gasteiger partial charge in [-0.15, -0.1) is 23.1 Å². The van der Waals surface area contributed by atoms with Gasteiger partial charge in [0.25, 0.3) is 0 Å². The quantitative estimate of drug-likeness (QED) is 0.605. The average Bonchev–Trinajstić information content (AvgIpc) is 2.65. The van der Waals surface area contributed by atoms with Gasteiger partial charge in [0, 0.05) is 10.4 Å². The number of thioether (sulfide) groups is 1. The summed E-state index contributed by atoms with van der Waals surface area (Å²) in [5, 5.41) is 0. The Morgan fingerprint density at radius 2 is 1.82 bits per heavy atom. The second kappa shape index (κ2) is 5.07. The number of benzene rings is 1. The minimum absolute atomic E-state index is 0.136. The Bertz CT molecular complexity index is 541. The Morgan fingerprint density at radius 1 is 1.18 bits per heavy atom. The first kappa shape index (κ1) is 12.4. The van der Waals surface area contributed by atoms with Gasteiger partial charge in [-0.1, -0.05) is 30.3 Å². The van der Waals surface area contributed by atoms with Crippen LogP contribution in [-0.2, 0) is 0 Å². The molecular formula is C14H14OS2. The van der Waals surface area contributed by atoms with Gasteiger partial charge in [-0.25, -0.2) is 0 Å². The van der Waals surface area contributed by atoms with E-state index >= 15 is 0 Å². The maximum absolute atomic E-state index is 12.5. The smallest absolute Gasteiger partial charge is 0.195 e. The average molecular weight is 262 g/mol. The molecular weight excluding hydrogens is 248 g/mol. The summed E-state index contributed by atoms with van der Waals surface area (Å²) in [6.45, 7) is 4.10. The summed E-state index contributed by atoms with van der Waals surface area (Å²) >= 11 is 3.36. The van der Waals surface area contributed by atoms with Crippen molar-refractivity contribution >= 4 is 28.9 Å². The van der Waals surface area contributed by atoms with Gasteiger partial charge in [-0.2, -0.15) is 0 Å². The van der Waals surface area contributed by atoms with E-state index in [2.05, 4.69) is 6.92 Å². The largest absolute Gasteiger partial charge is 0.289 e. The third-order valence-corrected chi connectivity index (χ3v) is 5.13. The maximum atomic E-state index is 12.5. The first-order valence-corrected chi connectivity index (χ1v) is 7.43. The highest BCUT2D eigenvalue weighted by Crippen LogP contribution is 2.35. The van der Waals surface area contributed by atoms with Gasteiger partial charge >= 0.3 is 0 Å². The van der Waals surface area contributed by atoms with Gasteiger partial charge in [0.15, 0.2) is 5.78 Å². The summed E-state index contributed by atoms with van der Waals surface area (Å²) in [6.07, 6.45) is 2.02. The highest BCUT2D eigenvalue weighted by molar-refractivity contribution is 8.00. The summed E-state index contributed by atoms with van der Waals surface area (Å²) in [5.41, 5.74) is 2.77. The van der Waals surface area contributed by atoms with E-state index in [9.17, 15) is 4.79 Å². The van der Waals surface area contributed by atoms with Gasteiger partial charge in [0.05, 0.1) is 9.77 Å². The van der Waals surface area contributed by atoms with Gasteiger partial charge < -0.3 is 0 Å². The first-order chi connectivity index (χ1) is 8.15. The fourth-order valence-electron chi connectivity index (χ4n) is 1.74. The molecule has 2 rings (SSSR count). The van der Waals surface area contributed by atoms with Crippen LogP contribution in [0.25, 0.3) is 0 Å². The van der Waals surface area contributed by atoms with E-state index in [0.29, 0.717) is 0 Å². The van der Waals surface area contributed by atoms with Crippen LogP contribution in [0, 0.1) is 13.8 Å². The van der Waals surface area contributed by atoms with Crippen molar-refractivity contribution in [2.24, 2.45) is 0 Å². The Balaban J connectivity index is 2.51. The van der Waals surface area contributed by atoms with E-state index in [0.717, 1.165) is 20.9 Å². The number of hydrogen-bond donors (Lipinski definition) is 0. The standard InChI is InChI=1S/C14H14OS2/c1-9-10(2)17-14(16-3)12(9)13(15)11-7-5-4-6-8-11/h4-8H,1-3H3. The molecule has 1 heterocycles. The van der Waals surface area contributed by atoms with E-state index in [-0.39, 0.29) is 5.78 Å². The van der Waals surface area contributed by atoms with Crippen LogP contribution in [0.5, 0.6) is 0 Å². The van der Waals surface area contributed by atoms with Crippen LogP contribution >= 0.6 is 23.1 Å². The predicted octanol–water partition coefficient (Wildman–Crippen LogP) is 4.32. The molecule has 0 N–H and O–H groups in total. The Morgan fingerprint density at radius 3 is 2.41 bits per heavy atom. The molecule has 0 saturated heterocycles. The fraction of sp³-hybridized carbons (Fsp3) is 0.214. The molecule has 0 atom stereocenters. The molecule has 1 aromatic carbocycles. The van der Waals surface area contributed by atoms with Crippen molar-refractivity contribution < 1.29 is 4.79 Å². The number of carbonyl (C=O) groups is 1. The summed E-state index contributed by atoms with van der Waals surface area (Å²) in [4.78, 5) is 13.7. The number of hydrogen-bond acceptors (Lipinski definition) is 3. The van der Waals surface area contributed by atoms with Crippen molar-refractivity contribution in [3.05, 3.63) is 51.9 Å². The van der Waals surface area contributed by atoms with Crippen LogP contribution in [0.3, 0.4) is 0 Å². The summed E-state index contributed by atoms with van der Waals surface area (Å²) < 4.78 is 1.12. The van der Waals surface area contributed by atoms with Gasteiger partial charge in [0.2, 0.25) is 0 Å². The Labute approximate surface area is 110 Å². The molecule has 0 aliphatic carbocycles. The van der Waals surface area contributed by atoms with Crippen molar-refractivity contribution in [2.75, 3.05) is 6.26 Å². The third-order valence-electron chi connectivity index (χ3n) is 2.80. The molecule has 0 spiro atoms. The van der Waals surface area contributed by atoms with E-state index in [1.54, 1.807) is 23.1 Å². The number of rotatable bonds is 3. The molecule has 0 aliphatic heterocycles. The minimum Gasteiger partial charge on any atom is -0.289 e. The van der Waals surface area contributed by atoms with Crippen molar-refractivity contribution in [2.45, 2.75) is 18.1 Å². The maximum Gasteiger partial charge on any atom is 0.195 e. The number of ketones is 1. The highest BCUT2D eigenvalue weighted by Gasteiger charge is 2.19. The SMILES string of the molecule is CSc1sc(C)c(C)c1C(=O)c1ccccc1. The van der Waals surface area contributed by atoms with E-state index < -0.39 is 0 Å². The summed E-state index contributed by atoms with van der Waals surface area (Å²) in [6, 6.07) is 9.48. The highest BCUT2D eigenvalue weighted by atomic mass is 32.2. The van der Waals surface area contributed by atoms with Crippen molar-refractivity contribution in [1.82, 2.24) is 0 Å². The second-order valence-electron chi connectivity index (χ2n) is 3.84. The molecule has 3 heteroatoms. The lowest BCUT2D eigenvalue weighted by Crippen LogP contribution is -2.02. The minimum atomic E-state index is 0.136. The summed E-state index contributed by atoms with van der Waals surface area (Å²) in [7, 11) is 0. The molecule has 17 heavy (non-hydrogen) atoms. The Kier molecular flexibility index (Phi) is 3.69. The van der Waals surface area contributed by atoms with Gasteiger partial charge in [0.1, 0.15) is 0 Å². The molecule has 0 fully saturated rings. The third kappa shape index (κ3) is 2.31. The van der Waals surface area contributed by atoms with Gasteiger partial charge in [-0.3, -0.25) is 4.79 Å². The van der Waals surface area contributed by atoms with Crippen LogP contribution in [0.1, 0.15) is 26.4 Å². The summed E-state index contributed by atoms with van der Waals surface area (Å²) in [5.74, 6) is 0.136. The van der Waals surface area contributed by atoms with Crippen LogP contribution < -0.4 is 0 Å². The van der Waals surface area contributed by atoms with Crippen LogP contribution in [0.15, 0.2) is 34.5 Å². The zero-order valence-electron chi connectivity index (χ0n) is 10.1. The van der Waals surface area contributed by atoms with E-state index in [1.165, 1.54) is 4.88 Å². The number of carbonyl (C=O) groups excluding carboxylic acids is 1. The zero-order valence-corrected chi connectivity index (χ0v) is 11.7. The fourth-order valence-corrected chi connectivity index (χ4v) is 3.78. The molecule has 0 amide bonds. The van der Waals surface area contributed by atoms with E-state index in [4.69, 9.17) is 0 Å². The van der Waals surface area contributed by atoms with Crippen LogP contribution in [-0.4, -0.2) is 12.0 Å². The molecule has 0 unspecified atom stereocenters. The Hall–Kier alpha value is -1.06. The molecule has 1 aromatic heterocycles. The monoisotopic (exact) mass is 262 g/mol. The predicted molar refractivity (Wildman–Crippen MR) is 75.4 cm³/mol. The van der Waals surface area contributed by atoms with Crippen LogP contribution in [0.2, 0.25) is 0 Å². The lowest BCUT2D eigenvalue weighted by atomic mass is 10.0. The van der Waals surface area contributed by atoms with Crippen molar-refractivity contribution in [3.63, 3.8) is 0 Å². The van der Waals surface area contributed by atoms with Crippen molar-refractivity contribution in [3.8, 4) is 0 Å².